The number of rotatable bonds is 7. The molecule has 0 radical (unpaired) electrons. The standard InChI is InChI=1S/C15H19BrN2O2/c1-3-5-10-19-12-8-6-11(7-9-12)14-17-18-15(20-14)13(16)4-2/h6-9,13H,3-5,10H2,1-2H3. The molecule has 0 saturated heterocycles. The molecule has 1 heterocycles. The Labute approximate surface area is 127 Å². The molecule has 0 amide bonds. The number of hydrogen-bond donors (Lipinski definition) is 0. The smallest absolute Gasteiger partial charge is 0.247 e. The van der Waals surface area contributed by atoms with Crippen LogP contribution in [0.1, 0.15) is 43.8 Å². The quantitative estimate of drug-likeness (QED) is 0.539. The Morgan fingerprint density at radius 2 is 1.95 bits per heavy atom. The molecule has 1 aromatic carbocycles. The van der Waals surface area contributed by atoms with Crippen LogP contribution in [0.4, 0.5) is 0 Å². The van der Waals surface area contributed by atoms with Crippen molar-refractivity contribution in [1.29, 1.82) is 0 Å². The van der Waals surface area contributed by atoms with Crippen LogP contribution in [0.5, 0.6) is 5.75 Å². The summed E-state index contributed by atoms with van der Waals surface area (Å²) in [5.74, 6) is 2.03. The van der Waals surface area contributed by atoms with Gasteiger partial charge in [0.2, 0.25) is 11.8 Å². The van der Waals surface area contributed by atoms with Gasteiger partial charge in [-0.15, -0.1) is 10.2 Å². The number of ether oxygens (including phenoxy) is 1. The van der Waals surface area contributed by atoms with Crippen molar-refractivity contribution in [2.75, 3.05) is 6.61 Å². The Morgan fingerprint density at radius 3 is 2.60 bits per heavy atom. The summed E-state index contributed by atoms with van der Waals surface area (Å²) < 4.78 is 11.3. The number of aromatic nitrogens is 2. The van der Waals surface area contributed by atoms with Crippen LogP contribution in [0.15, 0.2) is 28.7 Å². The first-order valence-corrected chi connectivity index (χ1v) is 7.86. The van der Waals surface area contributed by atoms with Crippen molar-refractivity contribution in [3.8, 4) is 17.2 Å². The highest BCUT2D eigenvalue weighted by atomic mass is 79.9. The Bertz CT molecular complexity index is 525. The van der Waals surface area contributed by atoms with E-state index in [1.807, 2.05) is 24.3 Å². The van der Waals surface area contributed by atoms with Crippen LogP contribution in [0.25, 0.3) is 11.5 Å². The van der Waals surface area contributed by atoms with Gasteiger partial charge in [0.05, 0.1) is 11.4 Å². The Kier molecular flexibility index (Phi) is 5.59. The zero-order chi connectivity index (χ0) is 14.4. The highest BCUT2D eigenvalue weighted by Crippen LogP contribution is 2.28. The van der Waals surface area contributed by atoms with Crippen LogP contribution >= 0.6 is 15.9 Å². The number of hydrogen-bond acceptors (Lipinski definition) is 4. The van der Waals surface area contributed by atoms with Crippen LogP contribution in [0, 0.1) is 0 Å². The largest absolute Gasteiger partial charge is 0.494 e. The molecule has 0 aliphatic carbocycles. The Balaban J connectivity index is 2.04. The average Bonchev–Trinajstić information content (AvgIpc) is 2.97. The Hall–Kier alpha value is -1.36. The fourth-order valence-corrected chi connectivity index (χ4v) is 1.87. The molecule has 0 aliphatic heterocycles. The van der Waals surface area contributed by atoms with Crippen molar-refractivity contribution in [3.63, 3.8) is 0 Å². The molecule has 1 unspecified atom stereocenters. The van der Waals surface area contributed by atoms with Crippen molar-refractivity contribution in [1.82, 2.24) is 10.2 Å². The first-order valence-electron chi connectivity index (χ1n) is 6.95. The van der Waals surface area contributed by atoms with E-state index in [-0.39, 0.29) is 4.83 Å². The van der Waals surface area contributed by atoms with E-state index in [2.05, 4.69) is 40.0 Å². The van der Waals surface area contributed by atoms with Gasteiger partial charge in [0, 0.05) is 5.56 Å². The molecular weight excluding hydrogens is 320 g/mol. The summed E-state index contributed by atoms with van der Waals surface area (Å²) in [6.45, 7) is 4.96. The molecule has 20 heavy (non-hydrogen) atoms. The molecule has 0 aliphatic rings. The maximum absolute atomic E-state index is 5.65. The maximum Gasteiger partial charge on any atom is 0.247 e. The summed E-state index contributed by atoms with van der Waals surface area (Å²) in [4.78, 5) is 0.111. The van der Waals surface area contributed by atoms with Gasteiger partial charge in [-0.3, -0.25) is 0 Å². The molecule has 0 spiro atoms. The second-order valence-electron chi connectivity index (χ2n) is 4.55. The molecule has 0 N–H and O–H groups in total. The highest BCUT2D eigenvalue weighted by molar-refractivity contribution is 9.09. The second-order valence-corrected chi connectivity index (χ2v) is 5.65. The third-order valence-corrected chi connectivity index (χ3v) is 3.97. The van der Waals surface area contributed by atoms with Crippen LogP contribution in [-0.2, 0) is 0 Å². The van der Waals surface area contributed by atoms with Crippen LogP contribution in [0.2, 0.25) is 0 Å². The van der Waals surface area contributed by atoms with Crippen molar-refractivity contribution in [2.45, 2.75) is 37.9 Å². The summed E-state index contributed by atoms with van der Waals surface area (Å²) in [5, 5.41) is 8.12. The number of alkyl halides is 1. The zero-order valence-corrected chi connectivity index (χ0v) is 13.4. The minimum absolute atomic E-state index is 0.111. The summed E-state index contributed by atoms with van der Waals surface area (Å²) in [5.41, 5.74) is 0.905. The first-order chi connectivity index (χ1) is 9.74. The molecule has 4 nitrogen and oxygen atoms in total. The van der Waals surface area contributed by atoms with Gasteiger partial charge in [0.1, 0.15) is 5.75 Å². The second kappa shape index (κ2) is 7.43. The number of nitrogens with zero attached hydrogens (tertiary/aromatic N) is 2. The summed E-state index contributed by atoms with van der Waals surface area (Å²) >= 11 is 3.50. The minimum Gasteiger partial charge on any atom is -0.494 e. The van der Waals surface area contributed by atoms with E-state index in [0.717, 1.165) is 37.2 Å². The number of benzene rings is 1. The fraction of sp³-hybridized carbons (Fsp3) is 0.467. The molecule has 2 rings (SSSR count). The molecule has 1 aromatic heterocycles. The highest BCUT2D eigenvalue weighted by Gasteiger charge is 2.14. The van der Waals surface area contributed by atoms with Gasteiger partial charge in [-0.2, -0.15) is 0 Å². The third-order valence-electron chi connectivity index (χ3n) is 2.93. The van der Waals surface area contributed by atoms with E-state index >= 15 is 0 Å². The SMILES string of the molecule is CCCCOc1ccc(-c2nnc(C(Br)CC)o2)cc1. The fourth-order valence-electron chi connectivity index (χ4n) is 1.68. The average molecular weight is 339 g/mol. The lowest BCUT2D eigenvalue weighted by molar-refractivity contribution is 0.309. The molecule has 5 heteroatoms. The van der Waals surface area contributed by atoms with Crippen molar-refractivity contribution in [3.05, 3.63) is 30.2 Å². The van der Waals surface area contributed by atoms with Gasteiger partial charge in [-0.1, -0.05) is 36.2 Å². The lowest BCUT2D eigenvalue weighted by atomic mass is 10.2. The van der Waals surface area contributed by atoms with E-state index in [1.165, 1.54) is 0 Å². The molecule has 0 bridgehead atoms. The molecule has 2 aromatic rings. The topological polar surface area (TPSA) is 48.2 Å². The lowest BCUT2D eigenvalue weighted by Crippen LogP contribution is -1.95. The van der Waals surface area contributed by atoms with Crippen molar-refractivity contribution < 1.29 is 9.15 Å². The van der Waals surface area contributed by atoms with Gasteiger partial charge in [0.15, 0.2) is 0 Å². The van der Waals surface area contributed by atoms with E-state index in [0.29, 0.717) is 11.8 Å². The van der Waals surface area contributed by atoms with Crippen molar-refractivity contribution >= 4 is 15.9 Å². The summed E-state index contributed by atoms with van der Waals surface area (Å²) in [6.07, 6.45) is 3.11. The van der Waals surface area contributed by atoms with E-state index < -0.39 is 0 Å². The molecule has 108 valence electrons. The molecular formula is C15H19BrN2O2. The van der Waals surface area contributed by atoms with E-state index in [9.17, 15) is 0 Å². The van der Waals surface area contributed by atoms with Gasteiger partial charge < -0.3 is 9.15 Å². The van der Waals surface area contributed by atoms with E-state index in [1.54, 1.807) is 0 Å². The third kappa shape index (κ3) is 3.82. The summed E-state index contributed by atoms with van der Waals surface area (Å²) in [7, 11) is 0. The predicted octanol–water partition coefficient (Wildman–Crippen LogP) is 4.76. The maximum atomic E-state index is 5.65. The molecule has 1 atom stereocenters. The van der Waals surface area contributed by atoms with Gasteiger partial charge >= 0.3 is 0 Å². The van der Waals surface area contributed by atoms with Gasteiger partial charge in [-0.05, 0) is 37.1 Å². The summed E-state index contributed by atoms with van der Waals surface area (Å²) in [6, 6.07) is 7.74. The van der Waals surface area contributed by atoms with Crippen LogP contribution in [0.3, 0.4) is 0 Å². The van der Waals surface area contributed by atoms with Crippen molar-refractivity contribution in [2.24, 2.45) is 0 Å². The minimum atomic E-state index is 0.111. The normalized spacial score (nSPS) is 12.3. The monoisotopic (exact) mass is 338 g/mol. The lowest BCUT2D eigenvalue weighted by Gasteiger charge is -2.05. The van der Waals surface area contributed by atoms with Gasteiger partial charge in [0.25, 0.3) is 0 Å². The number of halogens is 1. The van der Waals surface area contributed by atoms with Gasteiger partial charge in [-0.25, -0.2) is 0 Å². The van der Waals surface area contributed by atoms with Crippen LogP contribution in [-0.4, -0.2) is 16.8 Å². The number of unbranched alkanes of at least 4 members (excludes halogenated alkanes) is 1. The molecule has 0 fully saturated rings. The molecule has 0 saturated carbocycles. The van der Waals surface area contributed by atoms with E-state index in [4.69, 9.17) is 9.15 Å². The Morgan fingerprint density at radius 1 is 1.20 bits per heavy atom. The predicted molar refractivity (Wildman–Crippen MR) is 82.1 cm³/mol. The zero-order valence-electron chi connectivity index (χ0n) is 11.8. The van der Waals surface area contributed by atoms with Crippen LogP contribution < -0.4 is 4.74 Å². The first kappa shape index (κ1) is 15.0.